The number of nitrogens with zero attached hydrogens (tertiary/aromatic N) is 3. The van der Waals surface area contributed by atoms with Crippen LogP contribution in [0.25, 0.3) is 0 Å². The molecule has 3 nitrogen and oxygen atoms in total. The van der Waals surface area contributed by atoms with Crippen LogP contribution in [0.2, 0.25) is 0 Å². The van der Waals surface area contributed by atoms with Crippen molar-refractivity contribution in [2.75, 3.05) is 7.05 Å². The predicted molar refractivity (Wildman–Crippen MR) is 82.2 cm³/mol. The Hall–Kier alpha value is -2.62. The fourth-order valence-electron chi connectivity index (χ4n) is 2.34. The van der Waals surface area contributed by atoms with Gasteiger partial charge >= 0.3 is 0 Å². The van der Waals surface area contributed by atoms with E-state index in [-0.39, 0.29) is 0 Å². The molecule has 0 bridgehead atoms. The van der Waals surface area contributed by atoms with E-state index in [1.807, 2.05) is 49.4 Å². The summed E-state index contributed by atoms with van der Waals surface area (Å²) < 4.78 is 0. The summed E-state index contributed by atoms with van der Waals surface area (Å²) in [6.45, 7) is 3.63. The Kier molecular flexibility index (Phi) is 4.72. The largest absolute Gasteiger partial charge is 0.298 e. The third-order valence-electron chi connectivity index (χ3n) is 3.42. The van der Waals surface area contributed by atoms with Crippen LogP contribution in [0.3, 0.4) is 0 Å². The lowest BCUT2D eigenvalue weighted by Crippen LogP contribution is -2.18. The molecular weight excluding hydrogens is 258 g/mol. The van der Waals surface area contributed by atoms with Crippen molar-refractivity contribution in [1.82, 2.24) is 4.90 Å². The van der Waals surface area contributed by atoms with Crippen LogP contribution in [0, 0.1) is 29.6 Å². The van der Waals surface area contributed by atoms with E-state index >= 15 is 0 Å². The van der Waals surface area contributed by atoms with E-state index in [1.165, 1.54) is 5.56 Å². The minimum Gasteiger partial charge on any atom is -0.298 e. The van der Waals surface area contributed by atoms with Crippen molar-refractivity contribution in [3.8, 4) is 12.1 Å². The number of nitriles is 2. The van der Waals surface area contributed by atoms with Gasteiger partial charge < -0.3 is 0 Å². The summed E-state index contributed by atoms with van der Waals surface area (Å²) in [5.74, 6) is 0. The lowest BCUT2D eigenvalue weighted by atomic mass is 10.0. The van der Waals surface area contributed by atoms with Crippen LogP contribution in [0.1, 0.15) is 27.8 Å². The van der Waals surface area contributed by atoms with Crippen molar-refractivity contribution in [1.29, 1.82) is 10.5 Å². The molecule has 0 amide bonds. The molecule has 3 heteroatoms. The molecule has 0 N–H and O–H groups in total. The van der Waals surface area contributed by atoms with Crippen molar-refractivity contribution in [2.45, 2.75) is 20.0 Å². The van der Waals surface area contributed by atoms with Gasteiger partial charge in [-0.25, -0.2) is 0 Å². The van der Waals surface area contributed by atoms with Crippen LogP contribution in [-0.2, 0) is 13.1 Å². The molecule has 0 heterocycles. The van der Waals surface area contributed by atoms with E-state index < -0.39 is 0 Å². The molecule has 2 aromatic carbocycles. The van der Waals surface area contributed by atoms with Crippen molar-refractivity contribution in [3.05, 3.63) is 70.3 Å². The van der Waals surface area contributed by atoms with E-state index in [0.717, 1.165) is 24.2 Å². The highest BCUT2D eigenvalue weighted by atomic mass is 15.1. The van der Waals surface area contributed by atoms with Gasteiger partial charge in [0.15, 0.2) is 0 Å². The highest BCUT2D eigenvalue weighted by Gasteiger charge is 2.06. The van der Waals surface area contributed by atoms with Gasteiger partial charge in [-0.15, -0.1) is 0 Å². The van der Waals surface area contributed by atoms with E-state index in [9.17, 15) is 0 Å². The number of aryl methyl sites for hydroxylation is 1. The van der Waals surface area contributed by atoms with Crippen LogP contribution < -0.4 is 0 Å². The SMILES string of the molecule is Cc1cc(C#N)ccc1CN(C)Cc1cccc(C#N)c1. The van der Waals surface area contributed by atoms with Crippen LogP contribution in [0.4, 0.5) is 0 Å². The first-order valence-corrected chi connectivity index (χ1v) is 6.79. The molecule has 0 unspecified atom stereocenters. The Morgan fingerprint density at radius 2 is 1.67 bits per heavy atom. The van der Waals surface area contributed by atoms with Gasteiger partial charge in [0.05, 0.1) is 23.3 Å². The minimum atomic E-state index is 0.690. The van der Waals surface area contributed by atoms with Crippen LogP contribution in [-0.4, -0.2) is 11.9 Å². The van der Waals surface area contributed by atoms with Gasteiger partial charge in [-0.2, -0.15) is 10.5 Å². The zero-order chi connectivity index (χ0) is 15.2. The van der Waals surface area contributed by atoms with Crippen molar-refractivity contribution < 1.29 is 0 Å². The maximum Gasteiger partial charge on any atom is 0.0991 e. The van der Waals surface area contributed by atoms with E-state index in [1.54, 1.807) is 0 Å². The third-order valence-corrected chi connectivity index (χ3v) is 3.42. The first kappa shape index (κ1) is 14.8. The maximum atomic E-state index is 8.93. The third kappa shape index (κ3) is 3.92. The minimum absolute atomic E-state index is 0.690. The molecule has 0 saturated heterocycles. The average molecular weight is 275 g/mol. The molecule has 0 radical (unpaired) electrons. The Bertz CT molecular complexity index is 720. The Balaban J connectivity index is 2.06. The first-order chi connectivity index (χ1) is 10.1. The summed E-state index contributed by atoms with van der Waals surface area (Å²) in [6.07, 6.45) is 0. The Morgan fingerprint density at radius 3 is 2.33 bits per heavy atom. The molecule has 21 heavy (non-hydrogen) atoms. The summed E-state index contributed by atoms with van der Waals surface area (Å²) in [5.41, 5.74) is 4.86. The number of hydrogen-bond donors (Lipinski definition) is 0. The predicted octanol–water partition coefficient (Wildman–Crippen LogP) is 3.37. The summed E-state index contributed by atoms with van der Waals surface area (Å²) in [6, 6.07) is 17.8. The molecule has 104 valence electrons. The van der Waals surface area contributed by atoms with Crippen molar-refractivity contribution in [3.63, 3.8) is 0 Å². The lowest BCUT2D eigenvalue weighted by Gasteiger charge is -2.18. The second-order valence-corrected chi connectivity index (χ2v) is 5.24. The second kappa shape index (κ2) is 6.70. The Labute approximate surface area is 125 Å². The number of hydrogen-bond acceptors (Lipinski definition) is 3. The second-order valence-electron chi connectivity index (χ2n) is 5.24. The van der Waals surface area contributed by atoms with Crippen LogP contribution in [0.5, 0.6) is 0 Å². The molecule has 0 spiro atoms. The van der Waals surface area contributed by atoms with Gasteiger partial charge in [-0.05, 0) is 54.9 Å². The van der Waals surface area contributed by atoms with Gasteiger partial charge in [0.25, 0.3) is 0 Å². The average Bonchev–Trinajstić information content (AvgIpc) is 2.49. The first-order valence-electron chi connectivity index (χ1n) is 6.79. The van der Waals surface area contributed by atoms with Gasteiger partial charge in [-0.3, -0.25) is 4.90 Å². The number of benzene rings is 2. The van der Waals surface area contributed by atoms with Gasteiger partial charge in [0.1, 0.15) is 0 Å². The molecule has 2 rings (SSSR count). The van der Waals surface area contributed by atoms with Crippen molar-refractivity contribution >= 4 is 0 Å². The normalized spacial score (nSPS) is 10.1. The Morgan fingerprint density at radius 1 is 0.952 bits per heavy atom. The molecule has 0 fully saturated rings. The van der Waals surface area contributed by atoms with E-state index in [4.69, 9.17) is 10.5 Å². The van der Waals surface area contributed by atoms with E-state index in [2.05, 4.69) is 24.1 Å². The molecule has 0 atom stereocenters. The lowest BCUT2D eigenvalue weighted by molar-refractivity contribution is 0.318. The fourth-order valence-corrected chi connectivity index (χ4v) is 2.34. The fraction of sp³-hybridized carbons (Fsp3) is 0.222. The standard InChI is InChI=1S/C18H17N3/c1-14-8-16(11-20)6-7-18(14)13-21(2)12-17-5-3-4-15(9-17)10-19/h3-9H,12-13H2,1-2H3. The quantitative estimate of drug-likeness (QED) is 0.859. The maximum absolute atomic E-state index is 8.93. The summed E-state index contributed by atoms with van der Waals surface area (Å²) in [4.78, 5) is 2.20. The smallest absolute Gasteiger partial charge is 0.0991 e. The molecule has 2 aromatic rings. The molecular formula is C18H17N3. The highest BCUT2D eigenvalue weighted by Crippen LogP contribution is 2.14. The zero-order valence-electron chi connectivity index (χ0n) is 12.3. The van der Waals surface area contributed by atoms with Gasteiger partial charge in [0.2, 0.25) is 0 Å². The molecule has 0 aliphatic rings. The summed E-state index contributed by atoms with van der Waals surface area (Å²) >= 11 is 0. The van der Waals surface area contributed by atoms with Crippen LogP contribution in [0.15, 0.2) is 42.5 Å². The molecule has 0 aliphatic carbocycles. The molecule has 0 saturated carbocycles. The summed E-state index contributed by atoms with van der Waals surface area (Å²) in [5, 5.41) is 17.8. The number of rotatable bonds is 4. The van der Waals surface area contributed by atoms with E-state index in [0.29, 0.717) is 11.1 Å². The monoisotopic (exact) mass is 275 g/mol. The molecule has 0 aromatic heterocycles. The van der Waals surface area contributed by atoms with Crippen LogP contribution >= 0.6 is 0 Å². The summed E-state index contributed by atoms with van der Waals surface area (Å²) in [7, 11) is 2.05. The molecule has 0 aliphatic heterocycles. The van der Waals surface area contributed by atoms with Gasteiger partial charge in [0, 0.05) is 13.1 Å². The zero-order valence-corrected chi connectivity index (χ0v) is 12.3. The topological polar surface area (TPSA) is 50.8 Å². The highest BCUT2D eigenvalue weighted by molar-refractivity contribution is 5.37. The van der Waals surface area contributed by atoms with Gasteiger partial charge in [-0.1, -0.05) is 18.2 Å². The van der Waals surface area contributed by atoms with Crippen molar-refractivity contribution in [2.24, 2.45) is 0 Å².